The van der Waals surface area contributed by atoms with Crippen molar-refractivity contribution >= 4 is 29.9 Å². The largest absolute Gasteiger partial charge is 0.391 e. The zero-order valence-corrected chi connectivity index (χ0v) is 17.0. The van der Waals surface area contributed by atoms with E-state index in [1.54, 1.807) is 0 Å². The lowest BCUT2D eigenvalue weighted by Crippen LogP contribution is -2.40. The van der Waals surface area contributed by atoms with Gasteiger partial charge in [0.15, 0.2) is 5.96 Å². The van der Waals surface area contributed by atoms with Crippen molar-refractivity contribution in [1.29, 1.82) is 0 Å². The Balaban J connectivity index is 0.00000264. The van der Waals surface area contributed by atoms with Gasteiger partial charge >= 0.3 is 0 Å². The Bertz CT molecular complexity index is 335. The second kappa shape index (κ2) is 12.3. The maximum Gasteiger partial charge on any atom is 0.194 e. The first kappa shape index (κ1) is 21.0. The Hall–Kier alpha value is -0.0800. The molecule has 0 amide bonds. The zero-order valence-electron chi connectivity index (χ0n) is 14.7. The van der Waals surface area contributed by atoms with Crippen LogP contribution in [-0.4, -0.2) is 72.8 Å². The maximum absolute atomic E-state index is 9.65. The maximum atomic E-state index is 9.65. The first-order chi connectivity index (χ1) is 10.8. The minimum absolute atomic E-state index is 0. The summed E-state index contributed by atoms with van der Waals surface area (Å²) in [6, 6.07) is 0. The highest BCUT2D eigenvalue weighted by Gasteiger charge is 2.22. The minimum Gasteiger partial charge on any atom is -0.391 e. The molecule has 6 heteroatoms. The van der Waals surface area contributed by atoms with E-state index in [0.717, 1.165) is 38.6 Å². The number of aliphatic imine (C=N–C) groups is 1. The van der Waals surface area contributed by atoms with Crippen molar-refractivity contribution in [2.45, 2.75) is 58.0 Å². The third-order valence-corrected chi connectivity index (χ3v) is 4.64. The van der Waals surface area contributed by atoms with Gasteiger partial charge in [0.1, 0.15) is 0 Å². The molecule has 0 unspecified atom stereocenters. The van der Waals surface area contributed by atoms with Crippen molar-refractivity contribution in [3.63, 3.8) is 0 Å². The highest BCUT2D eigenvalue weighted by Crippen LogP contribution is 2.11. The summed E-state index contributed by atoms with van der Waals surface area (Å²) >= 11 is 0. The average molecular weight is 438 g/mol. The number of β-amino-alcohol motifs (C(OH)–C–C–N with tert-alkyl or cyclic N) is 1. The molecule has 2 saturated heterocycles. The summed E-state index contributed by atoms with van der Waals surface area (Å²) < 4.78 is 0. The van der Waals surface area contributed by atoms with Gasteiger partial charge < -0.3 is 20.2 Å². The van der Waals surface area contributed by atoms with Gasteiger partial charge in [-0.3, -0.25) is 4.99 Å². The number of unbranched alkanes of at least 4 members (excludes halogenated alkanes) is 2. The predicted octanol–water partition coefficient (Wildman–Crippen LogP) is 2.29. The molecule has 136 valence electrons. The molecule has 0 aromatic rings. The van der Waals surface area contributed by atoms with E-state index in [1.807, 2.05) is 0 Å². The van der Waals surface area contributed by atoms with Crippen LogP contribution in [0.15, 0.2) is 4.99 Å². The number of halogens is 1. The lowest BCUT2D eigenvalue weighted by Gasteiger charge is -2.26. The van der Waals surface area contributed by atoms with Gasteiger partial charge in [-0.15, -0.1) is 24.0 Å². The number of hydrogen-bond donors (Lipinski definition) is 2. The van der Waals surface area contributed by atoms with E-state index < -0.39 is 0 Å². The summed E-state index contributed by atoms with van der Waals surface area (Å²) in [6.45, 7) is 9.40. The number of nitrogens with one attached hydrogen (secondary N) is 1. The molecule has 0 radical (unpaired) electrons. The van der Waals surface area contributed by atoms with E-state index in [2.05, 4.69) is 22.0 Å². The summed E-state index contributed by atoms with van der Waals surface area (Å²) in [5.41, 5.74) is 0. The topological polar surface area (TPSA) is 51.1 Å². The summed E-state index contributed by atoms with van der Waals surface area (Å²) in [7, 11) is 0. The van der Waals surface area contributed by atoms with Crippen molar-refractivity contribution in [3.05, 3.63) is 0 Å². The van der Waals surface area contributed by atoms with Gasteiger partial charge in [0.2, 0.25) is 0 Å². The molecule has 0 spiro atoms. The Morgan fingerprint density at radius 2 is 1.91 bits per heavy atom. The molecular weight excluding hydrogens is 403 g/mol. The van der Waals surface area contributed by atoms with Gasteiger partial charge in [-0.1, -0.05) is 12.8 Å². The number of aliphatic hydroxyl groups excluding tert-OH is 1. The van der Waals surface area contributed by atoms with Gasteiger partial charge in [0.25, 0.3) is 0 Å². The van der Waals surface area contributed by atoms with Gasteiger partial charge in [0.05, 0.1) is 6.10 Å². The Labute approximate surface area is 158 Å². The number of guanidine groups is 1. The highest BCUT2D eigenvalue weighted by molar-refractivity contribution is 14.0. The number of nitrogens with zero attached hydrogens (tertiary/aromatic N) is 3. The number of piperidine rings is 1. The first-order valence-corrected chi connectivity index (χ1v) is 9.23. The van der Waals surface area contributed by atoms with Crippen molar-refractivity contribution < 1.29 is 5.11 Å². The Morgan fingerprint density at radius 3 is 2.57 bits per heavy atom. The lowest BCUT2D eigenvalue weighted by atomic mass is 10.1. The average Bonchev–Trinajstić information content (AvgIpc) is 2.97. The molecule has 2 aliphatic heterocycles. The summed E-state index contributed by atoms with van der Waals surface area (Å²) in [6.07, 6.45) is 8.60. The molecule has 0 aromatic heterocycles. The molecule has 2 aliphatic rings. The normalized spacial score (nSPS) is 23.0. The van der Waals surface area contributed by atoms with Gasteiger partial charge in [-0.05, 0) is 58.7 Å². The van der Waals surface area contributed by atoms with Crippen LogP contribution in [0.1, 0.15) is 51.9 Å². The van der Waals surface area contributed by atoms with Crippen molar-refractivity contribution in [1.82, 2.24) is 15.1 Å². The third-order valence-electron chi connectivity index (χ3n) is 4.64. The van der Waals surface area contributed by atoms with E-state index in [1.165, 1.54) is 58.2 Å². The SMILES string of the molecule is CCNC(=NCCCCCN1CCCCC1)N1CC[C@@H](O)C1.I. The monoisotopic (exact) mass is 438 g/mol. The molecule has 2 heterocycles. The van der Waals surface area contributed by atoms with Crippen LogP contribution in [0.5, 0.6) is 0 Å². The standard InChI is InChI=1S/C17H34N4O.HI/c1-2-18-17(21-14-9-16(22)15-21)19-10-5-3-6-11-20-12-7-4-8-13-20;/h16,22H,2-15H2,1H3,(H,18,19);1H/t16-;/m1./s1. The molecule has 0 aromatic carbocycles. The first-order valence-electron chi connectivity index (χ1n) is 9.23. The van der Waals surface area contributed by atoms with E-state index in [-0.39, 0.29) is 30.1 Å². The molecular formula is C17H35IN4O. The minimum atomic E-state index is -0.187. The molecule has 2 fully saturated rings. The molecule has 2 rings (SSSR count). The second-order valence-electron chi connectivity index (χ2n) is 6.59. The smallest absolute Gasteiger partial charge is 0.194 e. The van der Waals surface area contributed by atoms with Crippen molar-refractivity contribution in [3.8, 4) is 0 Å². The van der Waals surface area contributed by atoms with E-state index in [4.69, 9.17) is 4.99 Å². The number of aliphatic hydroxyl groups is 1. The van der Waals surface area contributed by atoms with Gasteiger partial charge in [-0.2, -0.15) is 0 Å². The van der Waals surface area contributed by atoms with Crippen LogP contribution in [0, 0.1) is 0 Å². The molecule has 0 bridgehead atoms. The van der Waals surface area contributed by atoms with Crippen LogP contribution < -0.4 is 5.32 Å². The molecule has 2 N–H and O–H groups in total. The third kappa shape index (κ3) is 8.03. The van der Waals surface area contributed by atoms with Crippen molar-refractivity contribution in [2.75, 3.05) is 45.8 Å². The number of rotatable bonds is 7. The molecule has 0 saturated carbocycles. The van der Waals surface area contributed by atoms with Crippen molar-refractivity contribution in [2.24, 2.45) is 4.99 Å². The van der Waals surface area contributed by atoms with Crippen LogP contribution in [-0.2, 0) is 0 Å². The van der Waals surface area contributed by atoms with Gasteiger partial charge in [0, 0.05) is 26.2 Å². The van der Waals surface area contributed by atoms with E-state index in [0.29, 0.717) is 0 Å². The predicted molar refractivity (Wildman–Crippen MR) is 108 cm³/mol. The van der Waals surface area contributed by atoms with Crippen LogP contribution in [0.3, 0.4) is 0 Å². The molecule has 23 heavy (non-hydrogen) atoms. The number of hydrogen-bond acceptors (Lipinski definition) is 3. The summed E-state index contributed by atoms with van der Waals surface area (Å²) in [4.78, 5) is 9.52. The Kier molecular flexibility index (Phi) is 11.2. The fourth-order valence-corrected chi connectivity index (χ4v) is 3.35. The fraction of sp³-hybridized carbons (Fsp3) is 0.941. The molecule has 0 aliphatic carbocycles. The van der Waals surface area contributed by atoms with Crippen LogP contribution >= 0.6 is 24.0 Å². The number of likely N-dealkylation sites (tertiary alicyclic amines) is 2. The summed E-state index contributed by atoms with van der Waals surface area (Å²) in [5.74, 6) is 0.982. The van der Waals surface area contributed by atoms with Crippen LogP contribution in [0.25, 0.3) is 0 Å². The molecule has 1 atom stereocenters. The van der Waals surface area contributed by atoms with Crippen LogP contribution in [0.4, 0.5) is 0 Å². The van der Waals surface area contributed by atoms with E-state index >= 15 is 0 Å². The highest BCUT2D eigenvalue weighted by atomic mass is 127. The molecule has 5 nitrogen and oxygen atoms in total. The zero-order chi connectivity index (χ0) is 15.6. The summed E-state index contributed by atoms with van der Waals surface area (Å²) in [5, 5.41) is 13.0. The Morgan fingerprint density at radius 1 is 1.13 bits per heavy atom. The van der Waals surface area contributed by atoms with Gasteiger partial charge in [-0.25, -0.2) is 0 Å². The second-order valence-corrected chi connectivity index (χ2v) is 6.59. The quantitative estimate of drug-likeness (QED) is 0.277. The van der Waals surface area contributed by atoms with Crippen LogP contribution in [0.2, 0.25) is 0 Å². The lowest BCUT2D eigenvalue weighted by molar-refractivity contribution is 0.188. The fourth-order valence-electron chi connectivity index (χ4n) is 3.35. The van der Waals surface area contributed by atoms with E-state index in [9.17, 15) is 5.11 Å².